The van der Waals surface area contributed by atoms with Gasteiger partial charge in [-0.3, -0.25) is 9.59 Å². The average molecular weight is 414 g/mol. The molecular weight excluding hydrogens is 392 g/mol. The van der Waals surface area contributed by atoms with Crippen LogP contribution in [-0.4, -0.2) is 57.3 Å². The van der Waals surface area contributed by atoms with Crippen molar-refractivity contribution in [2.45, 2.75) is 23.4 Å². The Morgan fingerprint density at radius 3 is 2.52 bits per heavy atom. The van der Waals surface area contributed by atoms with Crippen molar-refractivity contribution in [3.63, 3.8) is 0 Å². The summed E-state index contributed by atoms with van der Waals surface area (Å²) in [6.45, 7) is 0.536. The fourth-order valence-corrected chi connectivity index (χ4v) is 4.66. The van der Waals surface area contributed by atoms with Gasteiger partial charge in [0, 0.05) is 32.2 Å². The van der Waals surface area contributed by atoms with Crippen molar-refractivity contribution in [3.05, 3.63) is 54.1 Å². The molecule has 9 heteroatoms. The van der Waals surface area contributed by atoms with Gasteiger partial charge in [-0.2, -0.15) is 0 Å². The number of hydrogen-bond acceptors (Lipinski definition) is 5. The van der Waals surface area contributed by atoms with Gasteiger partial charge in [0.25, 0.3) is 5.91 Å². The van der Waals surface area contributed by atoms with Crippen LogP contribution in [0.15, 0.2) is 53.4 Å². The van der Waals surface area contributed by atoms with E-state index in [4.69, 9.17) is 0 Å². The molecule has 0 radical (unpaired) electrons. The molecule has 0 spiro atoms. The summed E-state index contributed by atoms with van der Waals surface area (Å²) in [5, 5.41) is 5.88. The number of para-hydroxylation sites is 2. The Morgan fingerprint density at radius 1 is 1.14 bits per heavy atom. The highest BCUT2D eigenvalue weighted by Gasteiger charge is 2.41. The van der Waals surface area contributed by atoms with Gasteiger partial charge in [-0.25, -0.2) is 12.7 Å². The molecule has 2 unspecified atom stereocenters. The van der Waals surface area contributed by atoms with Crippen molar-refractivity contribution >= 4 is 33.2 Å². The second kappa shape index (κ2) is 7.16. The second-order valence-electron chi connectivity index (χ2n) is 7.39. The maximum absolute atomic E-state index is 12.6. The van der Waals surface area contributed by atoms with E-state index >= 15 is 0 Å². The summed E-state index contributed by atoms with van der Waals surface area (Å²) >= 11 is 0. The van der Waals surface area contributed by atoms with Crippen LogP contribution < -0.4 is 15.5 Å². The molecule has 152 valence electrons. The van der Waals surface area contributed by atoms with Gasteiger partial charge in [-0.1, -0.05) is 12.1 Å². The molecule has 0 aliphatic carbocycles. The SMILES string of the molecule is CN(C)S(=O)(=O)c1ccc(C(=O)NC2CC3C(=O)Nc4ccccc4N3C2)cc1. The Morgan fingerprint density at radius 2 is 1.83 bits per heavy atom. The summed E-state index contributed by atoms with van der Waals surface area (Å²) in [6, 6.07) is 12.9. The van der Waals surface area contributed by atoms with Gasteiger partial charge >= 0.3 is 0 Å². The summed E-state index contributed by atoms with van der Waals surface area (Å²) in [7, 11) is -0.625. The summed E-state index contributed by atoms with van der Waals surface area (Å²) in [5.41, 5.74) is 2.10. The van der Waals surface area contributed by atoms with Crippen LogP contribution in [0.2, 0.25) is 0 Å². The first-order chi connectivity index (χ1) is 13.8. The lowest BCUT2D eigenvalue weighted by Crippen LogP contribution is -2.44. The molecule has 2 N–H and O–H groups in total. The number of nitrogens with one attached hydrogen (secondary N) is 2. The smallest absolute Gasteiger partial charge is 0.251 e. The number of fused-ring (bicyclic) bond motifs is 3. The average Bonchev–Trinajstić information content (AvgIpc) is 3.12. The number of sulfonamides is 1. The Hall–Kier alpha value is -2.91. The van der Waals surface area contributed by atoms with E-state index in [0.29, 0.717) is 18.5 Å². The van der Waals surface area contributed by atoms with Crippen LogP contribution in [0.25, 0.3) is 0 Å². The molecule has 2 aliphatic heterocycles. The van der Waals surface area contributed by atoms with Gasteiger partial charge in [0.15, 0.2) is 0 Å². The van der Waals surface area contributed by atoms with Crippen molar-refractivity contribution in [2.24, 2.45) is 0 Å². The van der Waals surface area contributed by atoms with Crippen LogP contribution in [0.3, 0.4) is 0 Å². The predicted octanol–water partition coefficient (Wildman–Crippen LogP) is 1.27. The van der Waals surface area contributed by atoms with E-state index in [1.54, 1.807) is 0 Å². The minimum absolute atomic E-state index is 0.0707. The van der Waals surface area contributed by atoms with Crippen LogP contribution in [0.4, 0.5) is 11.4 Å². The standard InChI is InChI=1S/C20H22N4O4S/c1-23(2)29(27,28)15-9-7-13(8-10-15)19(25)21-14-11-18-20(26)22-16-5-3-4-6-17(16)24(18)12-14/h3-10,14,18H,11-12H2,1-2H3,(H,21,25)(H,22,26). The first-order valence-electron chi connectivity index (χ1n) is 9.27. The third kappa shape index (κ3) is 3.47. The van der Waals surface area contributed by atoms with Crippen LogP contribution in [0.5, 0.6) is 0 Å². The summed E-state index contributed by atoms with van der Waals surface area (Å²) in [4.78, 5) is 27.2. The van der Waals surface area contributed by atoms with Gasteiger partial charge in [0.1, 0.15) is 6.04 Å². The van der Waals surface area contributed by atoms with Crippen molar-refractivity contribution in [1.29, 1.82) is 0 Å². The molecule has 4 rings (SSSR count). The van der Waals surface area contributed by atoms with Gasteiger partial charge in [0.05, 0.1) is 16.3 Å². The van der Waals surface area contributed by atoms with E-state index in [0.717, 1.165) is 15.7 Å². The Balaban J connectivity index is 1.47. The monoisotopic (exact) mass is 414 g/mol. The lowest BCUT2D eigenvalue weighted by Gasteiger charge is -2.32. The summed E-state index contributed by atoms with van der Waals surface area (Å²) in [6.07, 6.45) is 0.513. The topological polar surface area (TPSA) is 98.8 Å². The van der Waals surface area contributed by atoms with Crippen molar-refractivity contribution < 1.29 is 18.0 Å². The summed E-state index contributed by atoms with van der Waals surface area (Å²) in [5.74, 6) is -0.365. The van der Waals surface area contributed by atoms with E-state index in [1.165, 1.54) is 38.4 Å². The Bertz CT molecular complexity index is 1070. The maximum atomic E-state index is 12.6. The molecule has 1 fully saturated rings. The van der Waals surface area contributed by atoms with Gasteiger partial charge in [0.2, 0.25) is 15.9 Å². The number of amides is 2. The minimum Gasteiger partial charge on any atom is -0.356 e. The third-order valence-corrected chi connectivity index (χ3v) is 7.13. The molecule has 0 bridgehead atoms. The van der Waals surface area contributed by atoms with Gasteiger partial charge < -0.3 is 15.5 Å². The fraction of sp³-hybridized carbons (Fsp3) is 0.300. The van der Waals surface area contributed by atoms with Crippen LogP contribution in [0.1, 0.15) is 16.8 Å². The molecule has 2 aromatic rings. The Kier molecular flexibility index (Phi) is 4.79. The van der Waals surface area contributed by atoms with Crippen LogP contribution in [0, 0.1) is 0 Å². The molecule has 8 nitrogen and oxygen atoms in total. The summed E-state index contributed by atoms with van der Waals surface area (Å²) < 4.78 is 25.4. The number of hydrogen-bond donors (Lipinski definition) is 2. The first kappa shape index (κ1) is 19.4. The Labute approximate surface area is 169 Å². The zero-order valence-electron chi connectivity index (χ0n) is 16.1. The number of carbonyl (C=O) groups excluding carboxylic acids is 2. The molecule has 2 aliphatic rings. The number of benzene rings is 2. The number of carbonyl (C=O) groups is 2. The van der Waals surface area contributed by atoms with E-state index in [1.807, 2.05) is 29.2 Å². The molecule has 1 saturated heterocycles. The van der Waals surface area contributed by atoms with Crippen molar-refractivity contribution in [3.8, 4) is 0 Å². The molecule has 2 heterocycles. The lowest BCUT2D eigenvalue weighted by molar-refractivity contribution is -0.117. The highest BCUT2D eigenvalue weighted by atomic mass is 32.2. The highest BCUT2D eigenvalue weighted by molar-refractivity contribution is 7.89. The maximum Gasteiger partial charge on any atom is 0.251 e. The molecule has 0 aromatic heterocycles. The van der Waals surface area contributed by atoms with Gasteiger partial charge in [-0.15, -0.1) is 0 Å². The van der Waals surface area contributed by atoms with Crippen molar-refractivity contribution in [2.75, 3.05) is 30.9 Å². The molecule has 2 amide bonds. The normalized spacial score (nSPS) is 20.8. The highest BCUT2D eigenvalue weighted by Crippen LogP contribution is 2.36. The molecule has 0 saturated carbocycles. The molecule has 2 atom stereocenters. The van der Waals surface area contributed by atoms with Gasteiger partial charge in [-0.05, 0) is 42.8 Å². The zero-order chi connectivity index (χ0) is 20.8. The number of nitrogens with zero attached hydrogens (tertiary/aromatic N) is 2. The molecule has 2 aromatic carbocycles. The first-order valence-corrected chi connectivity index (χ1v) is 10.7. The zero-order valence-corrected chi connectivity index (χ0v) is 16.9. The number of anilines is 2. The fourth-order valence-electron chi connectivity index (χ4n) is 3.76. The van der Waals surface area contributed by atoms with E-state index < -0.39 is 10.0 Å². The largest absolute Gasteiger partial charge is 0.356 e. The molecular formula is C20H22N4O4S. The quantitative estimate of drug-likeness (QED) is 0.785. The van der Waals surface area contributed by atoms with Crippen molar-refractivity contribution in [1.82, 2.24) is 9.62 Å². The molecule has 29 heavy (non-hydrogen) atoms. The van der Waals surface area contributed by atoms with Crippen LogP contribution in [-0.2, 0) is 14.8 Å². The van der Waals surface area contributed by atoms with E-state index in [2.05, 4.69) is 10.6 Å². The predicted molar refractivity (Wildman–Crippen MR) is 109 cm³/mol. The third-order valence-electron chi connectivity index (χ3n) is 5.31. The van der Waals surface area contributed by atoms with E-state index in [9.17, 15) is 18.0 Å². The minimum atomic E-state index is -3.54. The second-order valence-corrected chi connectivity index (χ2v) is 9.54. The van der Waals surface area contributed by atoms with E-state index in [-0.39, 0.29) is 28.8 Å². The number of rotatable bonds is 4. The van der Waals surface area contributed by atoms with Crippen LogP contribution >= 0.6 is 0 Å². The lowest BCUT2D eigenvalue weighted by atomic mass is 10.1.